The SMILES string of the molecule is CCS(=O)(=O)c1cc2nc(C)n(C)c2cc1-c1nc2cc(C(F)(F)F)ncc2n1C. The molecule has 3 heterocycles. The number of imidazole rings is 2. The normalized spacial score (nSPS) is 12.9. The smallest absolute Gasteiger partial charge is 0.331 e. The Labute approximate surface area is 170 Å². The van der Waals surface area contributed by atoms with Crippen LogP contribution in [0.25, 0.3) is 33.5 Å². The van der Waals surface area contributed by atoms with Crippen molar-refractivity contribution in [2.45, 2.75) is 24.9 Å². The molecule has 0 atom stereocenters. The molecular weight excluding hydrogens is 419 g/mol. The number of aromatic nitrogens is 5. The van der Waals surface area contributed by atoms with E-state index in [4.69, 9.17) is 0 Å². The lowest BCUT2D eigenvalue weighted by Gasteiger charge is -2.11. The highest BCUT2D eigenvalue weighted by atomic mass is 32.2. The maximum atomic E-state index is 13.0. The Morgan fingerprint density at radius 1 is 1.00 bits per heavy atom. The van der Waals surface area contributed by atoms with Gasteiger partial charge in [0.1, 0.15) is 17.3 Å². The van der Waals surface area contributed by atoms with Crippen LogP contribution < -0.4 is 0 Å². The molecule has 4 aromatic rings. The van der Waals surface area contributed by atoms with Gasteiger partial charge in [-0.2, -0.15) is 13.2 Å². The van der Waals surface area contributed by atoms with E-state index >= 15 is 0 Å². The summed E-state index contributed by atoms with van der Waals surface area (Å²) in [4.78, 5) is 12.3. The first-order chi connectivity index (χ1) is 13.9. The van der Waals surface area contributed by atoms with Gasteiger partial charge in [-0.25, -0.2) is 23.4 Å². The molecule has 0 N–H and O–H groups in total. The number of hydrogen-bond acceptors (Lipinski definition) is 5. The highest BCUT2D eigenvalue weighted by Crippen LogP contribution is 2.35. The minimum Gasteiger partial charge on any atom is -0.331 e. The van der Waals surface area contributed by atoms with Crippen LogP contribution in [-0.4, -0.2) is 38.3 Å². The molecular formula is C19H18F3N5O2S. The third-order valence-electron chi connectivity index (χ3n) is 5.22. The van der Waals surface area contributed by atoms with Gasteiger partial charge < -0.3 is 9.13 Å². The summed E-state index contributed by atoms with van der Waals surface area (Å²) in [7, 11) is -0.242. The molecule has 0 spiro atoms. The summed E-state index contributed by atoms with van der Waals surface area (Å²) < 4.78 is 68.1. The van der Waals surface area contributed by atoms with Crippen LogP contribution in [0.3, 0.4) is 0 Å². The van der Waals surface area contributed by atoms with E-state index in [-0.39, 0.29) is 22.0 Å². The molecule has 11 heteroatoms. The minimum absolute atomic E-state index is 0.0398. The van der Waals surface area contributed by atoms with Crippen molar-refractivity contribution in [3.05, 3.63) is 35.9 Å². The van der Waals surface area contributed by atoms with Crippen LogP contribution in [0.2, 0.25) is 0 Å². The summed E-state index contributed by atoms with van der Waals surface area (Å²) >= 11 is 0. The molecule has 158 valence electrons. The number of nitrogens with zero attached hydrogens (tertiary/aromatic N) is 5. The first-order valence-corrected chi connectivity index (χ1v) is 10.7. The lowest BCUT2D eigenvalue weighted by molar-refractivity contribution is -0.141. The molecule has 0 fully saturated rings. The Bertz CT molecular complexity index is 1420. The number of halogens is 3. The van der Waals surface area contributed by atoms with E-state index < -0.39 is 21.7 Å². The van der Waals surface area contributed by atoms with E-state index in [0.29, 0.717) is 27.9 Å². The second-order valence-corrected chi connectivity index (χ2v) is 9.26. The molecule has 0 aliphatic heterocycles. The van der Waals surface area contributed by atoms with Crippen molar-refractivity contribution in [3.63, 3.8) is 0 Å². The standard InChI is InChI=1S/C19H18F3N5O2S/c1-5-30(28,29)16-7-12-14(26(3)10(2)24-12)6-11(16)18-25-13-8-17(19(20,21)22)23-9-15(13)27(18)4/h6-9H,5H2,1-4H3. The van der Waals surface area contributed by atoms with Crippen LogP contribution >= 0.6 is 0 Å². The maximum Gasteiger partial charge on any atom is 0.433 e. The van der Waals surface area contributed by atoms with Crippen molar-refractivity contribution in [2.24, 2.45) is 14.1 Å². The van der Waals surface area contributed by atoms with Crippen molar-refractivity contribution in [2.75, 3.05) is 5.75 Å². The molecule has 0 unspecified atom stereocenters. The Kier molecular flexibility index (Phi) is 4.42. The van der Waals surface area contributed by atoms with Gasteiger partial charge >= 0.3 is 6.18 Å². The maximum absolute atomic E-state index is 13.0. The second-order valence-electron chi connectivity index (χ2n) is 7.01. The van der Waals surface area contributed by atoms with Crippen LogP contribution in [0.5, 0.6) is 0 Å². The fourth-order valence-corrected chi connectivity index (χ4v) is 4.50. The Morgan fingerprint density at radius 3 is 2.30 bits per heavy atom. The highest BCUT2D eigenvalue weighted by molar-refractivity contribution is 7.91. The monoisotopic (exact) mass is 437 g/mol. The number of aryl methyl sites for hydroxylation is 3. The van der Waals surface area contributed by atoms with E-state index in [1.54, 1.807) is 31.7 Å². The largest absolute Gasteiger partial charge is 0.433 e. The summed E-state index contributed by atoms with van der Waals surface area (Å²) in [5, 5.41) is 0. The summed E-state index contributed by atoms with van der Waals surface area (Å²) in [6, 6.07) is 4.02. The molecule has 0 aliphatic rings. The van der Waals surface area contributed by atoms with Gasteiger partial charge in [-0.1, -0.05) is 6.92 Å². The molecule has 0 saturated carbocycles. The molecule has 0 bridgehead atoms. The summed E-state index contributed by atoms with van der Waals surface area (Å²) in [5.74, 6) is 0.797. The first kappa shape index (κ1) is 20.3. The van der Waals surface area contributed by atoms with Gasteiger partial charge in [0.25, 0.3) is 0 Å². The Morgan fingerprint density at radius 2 is 1.67 bits per heavy atom. The highest BCUT2D eigenvalue weighted by Gasteiger charge is 2.33. The van der Waals surface area contributed by atoms with E-state index in [9.17, 15) is 21.6 Å². The molecule has 4 rings (SSSR count). The average Bonchev–Trinajstić information content (AvgIpc) is 3.16. The zero-order valence-electron chi connectivity index (χ0n) is 16.6. The zero-order chi connectivity index (χ0) is 22.0. The zero-order valence-corrected chi connectivity index (χ0v) is 17.4. The molecule has 30 heavy (non-hydrogen) atoms. The Balaban J connectivity index is 2.07. The van der Waals surface area contributed by atoms with Crippen LogP contribution in [-0.2, 0) is 30.1 Å². The second kappa shape index (κ2) is 6.53. The average molecular weight is 437 g/mol. The van der Waals surface area contributed by atoms with E-state index in [1.807, 2.05) is 4.57 Å². The summed E-state index contributed by atoms with van der Waals surface area (Å²) in [6.45, 7) is 3.33. The fourth-order valence-electron chi connectivity index (χ4n) is 3.41. The van der Waals surface area contributed by atoms with Crippen LogP contribution in [0.1, 0.15) is 18.4 Å². The summed E-state index contributed by atoms with van der Waals surface area (Å²) in [6.07, 6.45) is -3.51. The van der Waals surface area contributed by atoms with Crippen molar-refractivity contribution in [3.8, 4) is 11.4 Å². The van der Waals surface area contributed by atoms with Crippen LogP contribution in [0.15, 0.2) is 29.3 Å². The number of sulfone groups is 1. The predicted molar refractivity (Wildman–Crippen MR) is 106 cm³/mol. The third-order valence-corrected chi connectivity index (χ3v) is 6.99. The number of rotatable bonds is 3. The lowest BCUT2D eigenvalue weighted by Crippen LogP contribution is -2.08. The topological polar surface area (TPSA) is 82.7 Å². The van der Waals surface area contributed by atoms with Gasteiger partial charge in [-0.05, 0) is 25.1 Å². The van der Waals surface area contributed by atoms with Gasteiger partial charge in [0, 0.05) is 19.7 Å². The van der Waals surface area contributed by atoms with Gasteiger partial charge in [0.2, 0.25) is 0 Å². The van der Waals surface area contributed by atoms with Crippen molar-refractivity contribution < 1.29 is 21.6 Å². The number of hydrogen-bond donors (Lipinski definition) is 0. The molecule has 0 saturated heterocycles. The molecule has 3 aromatic heterocycles. The van der Waals surface area contributed by atoms with Crippen molar-refractivity contribution in [1.29, 1.82) is 0 Å². The lowest BCUT2D eigenvalue weighted by atomic mass is 10.2. The van der Waals surface area contributed by atoms with Gasteiger partial charge in [-0.3, -0.25) is 0 Å². The number of benzene rings is 1. The van der Waals surface area contributed by atoms with E-state index in [0.717, 1.165) is 12.3 Å². The Hall–Kier alpha value is -2.95. The molecule has 1 aromatic carbocycles. The molecule has 0 amide bonds. The molecule has 0 radical (unpaired) electrons. The van der Waals surface area contributed by atoms with Gasteiger partial charge in [0.15, 0.2) is 9.84 Å². The van der Waals surface area contributed by atoms with Crippen molar-refractivity contribution >= 4 is 31.9 Å². The summed E-state index contributed by atoms with van der Waals surface area (Å²) in [5.41, 5.74) is 0.901. The molecule has 7 nitrogen and oxygen atoms in total. The number of fused-ring (bicyclic) bond motifs is 2. The van der Waals surface area contributed by atoms with Crippen molar-refractivity contribution in [1.82, 2.24) is 24.1 Å². The molecule has 0 aliphatic carbocycles. The van der Waals surface area contributed by atoms with Gasteiger partial charge in [0.05, 0.1) is 38.9 Å². The van der Waals surface area contributed by atoms with E-state index in [1.165, 1.54) is 13.0 Å². The number of pyridine rings is 1. The van der Waals surface area contributed by atoms with E-state index in [2.05, 4.69) is 15.0 Å². The van der Waals surface area contributed by atoms with Crippen LogP contribution in [0.4, 0.5) is 13.2 Å². The quantitative estimate of drug-likeness (QED) is 0.489. The fraction of sp³-hybridized carbons (Fsp3) is 0.316. The van der Waals surface area contributed by atoms with Gasteiger partial charge in [-0.15, -0.1) is 0 Å². The predicted octanol–water partition coefficient (Wildman–Crippen LogP) is 3.64. The first-order valence-electron chi connectivity index (χ1n) is 9.04. The van der Waals surface area contributed by atoms with Crippen LogP contribution in [0, 0.1) is 6.92 Å². The third kappa shape index (κ3) is 3.04. The number of alkyl halides is 3. The minimum atomic E-state index is -4.60.